The molecule has 2 bridgehead atoms. The molecule has 0 aromatic carbocycles. The van der Waals surface area contributed by atoms with Crippen LogP contribution >= 0.6 is 0 Å². The molecule has 0 spiro atoms. The quantitative estimate of drug-likeness (QED) is 0.583. The summed E-state index contributed by atoms with van der Waals surface area (Å²) in [5.41, 5.74) is -0.124. The monoisotopic (exact) mass is 155 g/mol. The van der Waals surface area contributed by atoms with Gasteiger partial charge < -0.3 is 10.1 Å². The van der Waals surface area contributed by atoms with E-state index in [1.807, 2.05) is 6.92 Å². The van der Waals surface area contributed by atoms with E-state index >= 15 is 0 Å². The second-order valence-electron chi connectivity index (χ2n) is 3.49. The van der Waals surface area contributed by atoms with Crippen LogP contribution in [0, 0.1) is 5.41 Å². The summed E-state index contributed by atoms with van der Waals surface area (Å²) in [6.45, 7) is 3.19. The third kappa shape index (κ3) is 0.872. The van der Waals surface area contributed by atoms with Gasteiger partial charge in [-0.15, -0.1) is 0 Å². The first-order chi connectivity index (χ1) is 5.27. The molecule has 1 saturated carbocycles. The molecule has 2 aliphatic heterocycles. The molecule has 1 N–H and O–H groups in total. The van der Waals surface area contributed by atoms with Gasteiger partial charge in [-0.05, 0) is 19.8 Å². The molecule has 3 rings (SSSR count). The summed E-state index contributed by atoms with van der Waals surface area (Å²) in [5, 5.41) is 3.27. The zero-order chi connectivity index (χ0) is 7.90. The Kier molecular flexibility index (Phi) is 1.42. The molecule has 62 valence electrons. The van der Waals surface area contributed by atoms with Crippen molar-refractivity contribution < 1.29 is 9.53 Å². The molecule has 0 unspecified atom stereocenters. The lowest BCUT2D eigenvalue weighted by molar-refractivity contribution is -0.157. The third-order valence-corrected chi connectivity index (χ3v) is 2.71. The second-order valence-corrected chi connectivity index (χ2v) is 3.49. The van der Waals surface area contributed by atoms with Gasteiger partial charge in [-0.2, -0.15) is 0 Å². The molecule has 3 nitrogen and oxygen atoms in total. The predicted octanol–water partition coefficient (Wildman–Crippen LogP) is 0.301. The number of esters is 1. The second kappa shape index (κ2) is 2.21. The van der Waals surface area contributed by atoms with E-state index in [2.05, 4.69) is 5.32 Å². The van der Waals surface area contributed by atoms with Crippen LogP contribution in [0.15, 0.2) is 0 Å². The highest BCUT2D eigenvalue weighted by molar-refractivity contribution is 5.79. The average molecular weight is 155 g/mol. The maximum absolute atomic E-state index is 11.3. The van der Waals surface area contributed by atoms with Crippen molar-refractivity contribution >= 4 is 5.97 Å². The Bertz CT molecular complexity index is 179. The predicted molar refractivity (Wildman–Crippen MR) is 40.1 cm³/mol. The molecule has 3 aliphatic rings. The third-order valence-electron chi connectivity index (χ3n) is 2.71. The van der Waals surface area contributed by atoms with Gasteiger partial charge in [-0.25, -0.2) is 0 Å². The zero-order valence-corrected chi connectivity index (χ0v) is 6.72. The first-order valence-electron chi connectivity index (χ1n) is 4.17. The summed E-state index contributed by atoms with van der Waals surface area (Å²) >= 11 is 0. The van der Waals surface area contributed by atoms with Crippen molar-refractivity contribution in [1.29, 1.82) is 0 Å². The maximum Gasteiger partial charge on any atom is 0.313 e. The summed E-state index contributed by atoms with van der Waals surface area (Å²) in [5.74, 6) is 0.00116. The molecule has 3 fully saturated rings. The molecule has 0 amide bonds. The Hall–Kier alpha value is -0.570. The van der Waals surface area contributed by atoms with Crippen molar-refractivity contribution in [1.82, 2.24) is 5.32 Å². The minimum absolute atomic E-state index is 0.00116. The maximum atomic E-state index is 11.3. The highest BCUT2D eigenvalue weighted by Crippen LogP contribution is 2.47. The van der Waals surface area contributed by atoms with Gasteiger partial charge in [0, 0.05) is 12.6 Å². The number of hydrogen-bond donors (Lipinski definition) is 1. The standard InChI is InChI=1S/C8H13NO2/c1-2-11-7(10)8-3-6(4-8)9-5-8/h6,9H,2-5H2,1H3. The van der Waals surface area contributed by atoms with Crippen LogP contribution in [0.2, 0.25) is 0 Å². The molecule has 2 saturated heterocycles. The number of carbonyl (C=O) groups is 1. The molecular weight excluding hydrogens is 142 g/mol. The van der Waals surface area contributed by atoms with Crippen molar-refractivity contribution in [2.75, 3.05) is 13.2 Å². The fourth-order valence-electron chi connectivity index (χ4n) is 2.03. The van der Waals surface area contributed by atoms with E-state index in [9.17, 15) is 4.79 Å². The van der Waals surface area contributed by atoms with Gasteiger partial charge in [0.05, 0.1) is 12.0 Å². The van der Waals surface area contributed by atoms with Crippen LogP contribution < -0.4 is 5.32 Å². The molecule has 0 radical (unpaired) electrons. The van der Waals surface area contributed by atoms with Crippen LogP contribution in [-0.2, 0) is 9.53 Å². The van der Waals surface area contributed by atoms with E-state index in [0.717, 1.165) is 19.4 Å². The normalized spacial score (nSPS) is 39.9. The largest absolute Gasteiger partial charge is 0.466 e. The Labute approximate surface area is 66.1 Å². The summed E-state index contributed by atoms with van der Waals surface area (Å²) in [6.07, 6.45) is 1.98. The van der Waals surface area contributed by atoms with Gasteiger partial charge in [0.1, 0.15) is 0 Å². The van der Waals surface area contributed by atoms with Gasteiger partial charge in [0.25, 0.3) is 0 Å². The highest BCUT2D eigenvalue weighted by atomic mass is 16.5. The lowest BCUT2D eigenvalue weighted by atomic mass is 9.70. The minimum atomic E-state index is -0.124. The Balaban J connectivity index is 1.99. The van der Waals surface area contributed by atoms with E-state index < -0.39 is 0 Å². The molecule has 3 heteroatoms. The van der Waals surface area contributed by atoms with E-state index in [1.165, 1.54) is 0 Å². The van der Waals surface area contributed by atoms with E-state index in [-0.39, 0.29) is 11.4 Å². The Morgan fingerprint density at radius 2 is 2.45 bits per heavy atom. The topological polar surface area (TPSA) is 38.3 Å². The first kappa shape index (κ1) is 7.10. The van der Waals surface area contributed by atoms with Gasteiger partial charge in [-0.3, -0.25) is 4.79 Å². The van der Waals surface area contributed by atoms with Crippen LogP contribution in [0.25, 0.3) is 0 Å². The smallest absolute Gasteiger partial charge is 0.313 e. The van der Waals surface area contributed by atoms with Crippen molar-refractivity contribution in [3.05, 3.63) is 0 Å². The van der Waals surface area contributed by atoms with Crippen LogP contribution in [0.5, 0.6) is 0 Å². The highest BCUT2D eigenvalue weighted by Gasteiger charge is 2.56. The van der Waals surface area contributed by atoms with E-state index in [1.54, 1.807) is 0 Å². The van der Waals surface area contributed by atoms with Gasteiger partial charge >= 0.3 is 5.97 Å². The van der Waals surface area contributed by atoms with Gasteiger partial charge in [0.15, 0.2) is 0 Å². The number of ether oxygens (including phenoxy) is 1. The Morgan fingerprint density at radius 1 is 1.73 bits per heavy atom. The van der Waals surface area contributed by atoms with E-state index in [0.29, 0.717) is 12.6 Å². The first-order valence-corrected chi connectivity index (χ1v) is 4.17. The van der Waals surface area contributed by atoms with Crippen LogP contribution in [-0.4, -0.2) is 25.2 Å². The average Bonchev–Trinajstić information content (AvgIpc) is 2.42. The van der Waals surface area contributed by atoms with Crippen LogP contribution in [0.1, 0.15) is 19.8 Å². The zero-order valence-electron chi connectivity index (χ0n) is 6.72. The fraction of sp³-hybridized carbons (Fsp3) is 0.875. The minimum Gasteiger partial charge on any atom is -0.466 e. The molecule has 0 atom stereocenters. The summed E-state index contributed by atoms with van der Waals surface area (Å²) in [6, 6.07) is 0.597. The van der Waals surface area contributed by atoms with Gasteiger partial charge in [0.2, 0.25) is 0 Å². The molecule has 2 heterocycles. The number of rotatable bonds is 2. The molecule has 11 heavy (non-hydrogen) atoms. The van der Waals surface area contributed by atoms with Gasteiger partial charge in [-0.1, -0.05) is 0 Å². The van der Waals surface area contributed by atoms with Crippen molar-refractivity contribution in [2.45, 2.75) is 25.8 Å². The fourth-order valence-corrected chi connectivity index (χ4v) is 2.03. The summed E-state index contributed by atoms with van der Waals surface area (Å²) in [7, 11) is 0. The molecule has 0 aromatic rings. The van der Waals surface area contributed by atoms with E-state index in [4.69, 9.17) is 4.74 Å². The van der Waals surface area contributed by atoms with Crippen molar-refractivity contribution in [3.63, 3.8) is 0 Å². The lowest BCUT2D eigenvalue weighted by Crippen LogP contribution is -2.41. The summed E-state index contributed by atoms with van der Waals surface area (Å²) in [4.78, 5) is 11.3. The number of nitrogens with one attached hydrogen (secondary N) is 1. The van der Waals surface area contributed by atoms with Crippen LogP contribution in [0.4, 0.5) is 0 Å². The number of fused-ring (bicyclic) bond motifs is 1. The summed E-state index contributed by atoms with van der Waals surface area (Å²) < 4.78 is 4.99. The van der Waals surface area contributed by atoms with Crippen molar-refractivity contribution in [2.24, 2.45) is 5.41 Å². The number of hydrogen-bond acceptors (Lipinski definition) is 3. The Morgan fingerprint density at radius 3 is 2.91 bits per heavy atom. The molecule has 1 aliphatic carbocycles. The molecule has 0 aromatic heterocycles. The SMILES string of the molecule is CCOC(=O)C12CNC(C1)C2. The van der Waals surface area contributed by atoms with Crippen molar-refractivity contribution in [3.8, 4) is 0 Å². The number of carbonyl (C=O) groups excluding carboxylic acids is 1. The molecular formula is C8H13NO2. The van der Waals surface area contributed by atoms with Crippen LogP contribution in [0.3, 0.4) is 0 Å². The lowest BCUT2D eigenvalue weighted by Gasteiger charge is -2.33.